The Kier molecular flexibility index (Phi) is 4.92. The second-order valence-electron chi connectivity index (χ2n) is 7.01. The minimum absolute atomic E-state index is 0.0242. The zero-order chi connectivity index (χ0) is 18.8. The summed E-state index contributed by atoms with van der Waals surface area (Å²) in [6, 6.07) is 14.5. The largest absolute Gasteiger partial charge is 0.371 e. The summed E-state index contributed by atoms with van der Waals surface area (Å²) in [5.41, 5.74) is 9.53. The van der Waals surface area contributed by atoms with Gasteiger partial charge in [0.25, 0.3) is 0 Å². The third-order valence-corrected chi connectivity index (χ3v) is 6.03. The molecule has 2 unspecified atom stereocenters. The number of rotatable bonds is 7. The molecule has 0 saturated carbocycles. The molecule has 5 N–H and O–H groups in total. The number of nitrogens with zero attached hydrogens (tertiary/aromatic N) is 2. The van der Waals surface area contributed by atoms with Gasteiger partial charge in [0.05, 0.1) is 6.17 Å². The number of H-pyrrole nitrogens is 1. The summed E-state index contributed by atoms with van der Waals surface area (Å²) in [6.07, 6.45) is 6.79. The van der Waals surface area contributed by atoms with Gasteiger partial charge in [0, 0.05) is 23.1 Å². The Morgan fingerprint density at radius 2 is 2.11 bits per heavy atom. The normalized spacial score (nSPS) is 21.8. The Labute approximate surface area is 168 Å². The average molecular weight is 395 g/mol. The van der Waals surface area contributed by atoms with Crippen molar-refractivity contribution in [3.63, 3.8) is 0 Å². The maximum absolute atomic E-state index is 4.87. The highest BCUT2D eigenvalue weighted by Crippen LogP contribution is 2.30. The fourth-order valence-corrected chi connectivity index (χ4v) is 4.55. The number of aromatic amines is 1. The quantitative estimate of drug-likeness (QED) is 0.398. The number of nitrogens with one attached hydrogen (secondary N) is 5. The Hall–Kier alpha value is -2.52. The lowest BCUT2D eigenvalue weighted by Crippen LogP contribution is -2.55. The van der Waals surface area contributed by atoms with Gasteiger partial charge in [-0.25, -0.2) is 0 Å². The Bertz CT molecular complexity index is 910. The van der Waals surface area contributed by atoms with E-state index in [1.807, 2.05) is 23.4 Å². The van der Waals surface area contributed by atoms with Gasteiger partial charge >= 0.3 is 0 Å². The first-order chi connectivity index (χ1) is 13.8. The molecule has 0 amide bonds. The van der Waals surface area contributed by atoms with Crippen molar-refractivity contribution < 1.29 is 0 Å². The number of hydrazine groups is 1. The van der Waals surface area contributed by atoms with Crippen LogP contribution in [-0.4, -0.2) is 30.4 Å². The van der Waals surface area contributed by atoms with Crippen LogP contribution in [0.1, 0.15) is 12.8 Å². The second kappa shape index (κ2) is 7.84. The van der Waals surface area contributed by atoms with Crippen LogP contribution in [0.3, 0.4) is 0 Å². The van der Waals surface area contributed by atoms with E-state index < -0.39 is 0 Å². The molecule has 0 bridgehead atoms. The van der Waals surface area contributed by atoms with Crippen molar-refractivity contribution in [3.8, 4) is 0 Å². The summed E-state index contributed by atoms with van der Waals surface area (Å²) in [5, 5.41) is 14.6. The number of hydrogen-bond acceptors (Lipinski definition) is 6. The van der Waals surface area contributed by atoms with Crippen molar-refractivity contribution in [2.45, 2.75) is 25.2 Å². The van der Waals surface area contributed by atoms with Gasteiger partial charge in [0.1, 0.15) is 17.0 Å². The summed E-state index contributed by atoms with van der Waals surface area (Å²) in [7, 11) is 0. The van der Waals surface area contributed by atoms with E-state index in [1.165, 1.54) is 16.5 Å². The Morgan fingerprint density at radius 3 is 2.93 bits per heavy atom. The van der Waals surface area contributed by atoms with Gasteiger partial charge in [-0.1, -0.05) is 18.2 Å². The first kappa shape index (κ1) is 17.6. The van der Waals surface area contributed by atoms with Crippen molar-refractivity contribution in [1.82, 2.24) is 31.8 Å². The van der Waals surface area contributed by atoms with Crippen LogP contribution in [0.5, 0.6) is 0 Å². The first-order valence-electron chi connectivity index (χ1n) is 9.68. The van der Waals surface area contributed by atoms with E-state index in [0.717, 1.165) is 36.0 Å². The summed E-state index contributed by atoms with van der Waals surface area (Å²) in [5.74, 6) is 0.893. The van der Waals surface area contributed by atoms with Crippen molar-refractivity contribution in [2.24, 2.45) is 0 Å². The van der Waals surface area contributed by atoms with E-state index >= 15 is 0 Å². The van der Waals surface area contributed by atoms with Gasteiger partial charge in [-0.3, -0.25) is 10.6 Å². The molecular weight excluding hydrogens is 370 g/mol. The molecule has 1 aromatic carbocycles. The molecule has 0 aliphatic carbocycles. The van der Waals surface area contributed by atoms with E-state index in [4.69, 9.17) is 5.43 Å². The minimum Gasteiger partial charge on any atom is -0.371 e. The molecule has 2 aliphatic heterocycles. The van der Waals surface area contributed by atoms with Gasteiger partial charge in [-0.15, -0.1) is 16.8 Å². The Morgan fingerprint density at radius 1 is 1.14 bits per heavy atom. The third-order valence-electron chi connectivity index (χ3n) is 5.03. The van der Waals surface area contributed by atoms with Gasteiger partial charge < -0.3 is 10.3 Å². The van der Waals surface area contributed by atoms with Crippen LogP contribution in [0.15, 0.2) is 60.4 Å². The molecule has 8 heteroatoms. The predicted octanol–water partition coefficient (Wildman–Crippen LogP) is 2.50. The molecule has 4 heterocycles. The molecule has 1 saturated heterocycles. The number of anilines is 1. The maximum Gasteiger partial charge on any atom is 0.144 e. The lowest BCUT2D eigenvalue weighted by Gasteiger charge is -2.28. The standard InChI is InChI=1S/C20H24N7S/c1-2-6-16-14(5-1)13-19(28-16)25-27(18-8-4-11-22-18)26-20-15(9-12-23-20)24-17-7-3-10-21-17/h1-2,4-6,8-9,11,13,17,20-24,26H,3,7,10,12H2. The Balaban J connectivity index is 1.33. The topological polar surface area (TPSA) is 81.2 Å². The molecule has 2 aromatic heterocycles. The van der Waals surface area contributed by atoms with Gasteiger partial charge in [0.15, 0.2) is 0 Å². The van der Waals surface area contributed by atoms with Gasteiger partial charge in [0.2, 0.25) is 0 Å². The van der Waals surface area contributed by atoms with Crippen LogP contribution in [-0.2, 0) is 0 Å². The molecule has 0 spiro atoms. The lowest BCUT2D eigenvalue weighted by atomic mass is 10.3. The van der Waals surface area contributed by atoms with Crippen LogP contribution in [0, 0.1) is 0 Å². The van der Waals surface area contributed by atoms with Gasteiger partial charge in [-0.05, 0) is 55.1 Å². The average Bonchev–Trinajstić information content (AvgIpc) is 3.50. The summed E-state index contributed by atoms with van der Waals surface area (Å²) in [6.45, 7) is 1.90. The molecule has 5 rings (SSSR count). The highest BCUT2D eigenvalue weighted by atomic mass is 32.1. The first-order valence-corrected chi connectivity index (χ1v) is 10.5. The second-order valence-corrected chi connectivity index (χ2v) is 8.07. The zero-order valence-corrected chi connectivity index (χ0v) is 16.3. The monoisotopic (exact) mass is 394 g/mol. The number of benzene rings is 1. The van der Waals surface area contributed by atoms with Crippen molar-refractivity contribution in [2.75, 3.05) is 18.2 Å². The molecule has 2 atom stereocenters. The SMILES string of the molecule is C1=C(NC2CCCN2)C(NN([N]c2cc3ccccc3s2)c2ccc[nH]2)NC1. The molecule has 3 aromatic rings. The fourth-order valence-electron chi connectivity index (χ4n) is 3.62. The summed E-state index contributed by atoms with van der Waals surface area (Å²) >= 11 is 1.68. The van der Waals surface area contributed by atoms with E-state index in [-0.39, 0.29) is 6.17 Å². The minimum atomic E-state index is -0.0242. The van der Waals surface area contributed by atoms with Crippen LogP contribution in [0.2, 0.25) is 0 Å². The van der Waals surface area contributed by atoms with Crippen LogP contribution in [0.25, 0.3) is 10.1 Å². The molecule has 145 valence electrons. The summed E-state index contributed by atoms with van der Waals surface area (Å²) in [4.78, 5) is 3.25. The highest BCUT2D eigenvalue weighted by molar-refractivity contribution is 7.22. The molecular formula is C20H24N7S. The number of aromatic nitrogens is 1. The third kappa shape index (κ3) is 3.72. The zero-order valence-electron chi connectivity index (χ0n) is 15.5. The van der Waals surface area contributed by atoms with Crippen LogP contribution in [0.4, 0.5) is 10.8 Å². The van der Waals surface area contributed by atoms with E-state index in [0.29, 0.717) is 6.17 Å². The highest BCUT2D eigenvalue weighted by Gasteiger charge is 2.25. The van der Waals surface area contributed by atoms with Gasteiger partial charge in [-0.2, -0.15) is 10.5 Å². The smallest absolute Gasteiger partial charge is 0.144 e. The molecule has 1 fully saturated rings. The lowest BCUT2D eigenvalue weighted by molar-refractivity contribution is 0.426. The van der Waals surface area contributed by atoms with E-state index in [9.17, 15) is 0 Å². The maximum atomic E-state index is 4.87. The molecule has 2 aliphatic rings. The fraction of sp³-hybridized carbons (Fsp3) is 0.300. The summed E-state index contributed by atoms with van der Waals surface area (Å²) < 4.78 is 1.24. The van der Waals surface area contributed by atoms with Crippen LogP contribution >= 0.6 is 11.3 Å². The number of hydrogen-bond donors (Lipinski definition) is 5. The number of thiophene rings is 1. The predicted molar refractivity (Wildman–Crippen MR) is 114 cm³/mol. The van der Waals surface area contributed by atoms with Crippen molar-refractivity contribution in [1.29, 1.82) is 0 Å². The van der Waals surface area contributed by atoms with E-state index in [2.05, 4.69) is 62.8 Å². The van der Waals surface area contributed by atoms with Crippen molar-refractivity contribution in [3.05, 3.63) is 60.4 Å². The molecule has 7 nitrogen and oxygen atoms in total. The molecule has 28 heavy (non-hydrogen) atoms. The van der Waals surface area contributed by atoms with Crippen molar-refractivity contribution >= 4 is 32.2 Å². The molecule has 1 radical (unpaired) electrons. The van der Waals surface area contributed by atoms with E-state index in [1.54, 1.807) is 11.3 Å². The van der Waals surface area contributed by atoms with Crippen LogP contribution < -0.4 is 31.9 Å². The number of fused-ring (bicyclic) bond motifs is 1.